The molecule has 0 radical (unpaired) electrons. The third kappa shape index (κ3) is 4.57. The molecule has 0 spiro atoms. The fraction of sp³-hybridized carbons (Fsp3) is 0.385. The molecule has 1 amide bonds. The van der Waals surface area contributed by atoms with Gasteiger partial charge in [-0.2, -0.15) is 0 Å². The molecular weight excluding hydrogens is 267 g/mol. The number of halogens is 1. The summed E-state index contributed by atoms with van der Waals surface area (Å²) in [6.45, 7) is 3.59. The van der Waals surface area contributed by atoms with Crippen LogP contribution in [0.3, 0.4) is 0 Å². The predicted octanol–water partition coefficient (Wildman–Crippen LogP) is 2.21. The topological polar surface area (TPSA) is 64.3 Å². The van der Waals surface area contributed by atoms with Gasteiger partial charge in [0, 0.05) is 12.7 Å². The first-order valence-electron chi connectivity index (χ1n) is 5.69. The smallest absolute Gasteiger partial charge is 0.227 e. The lowest BCUT2D eigenvalue weighted by Gasteiger charge is -2.22. The molecule has 0 aliphatic heterocycles. The zero-order chi connectivity index (χ0) is 14.6. The number of hydrogen-bond donors (Lipinski definition) is 2. The van der Waals surface area contributed by atoms with Crippen molar-refractivity contribution in [3.63, 3.8) is 0 Å². The Morgan fingerprint density at radius 3 is 2.68 bits per heavy atom. The molecule has 6 heteroatoms. The van der Waals surface area contributed by atoms with Gasteiger partial charge in [0.15, 0.2) is 0 Å². The van der Waals surface area contributed by atoms with Crippen molar-refractivity contribution >= 4 is 28.8 Å². The molecule has 0 heterocycles. The number of carbonyl (C=O) groups is 1. The Labute approximate surface area is 117 Å². The zero-order valence-electron chi connectivity index (χ0n) is 11.1. The third-order valence-corrected chi connectivity index (χ3v) is 2.88. The number of carbonyl (C=O) groups excluding carboxylic acids is 1. The minimum atomic E-state index is -0.576. The van der Waals surface area contributed by atoms with Crippen LogP contribution in [0.15, 0.2) is 18.2 Å². The molecule has 3 N–H and O–H groups in total. The summed E-state index contributed by atoms with van der Waals surface area (Å²) in [4.78, 5) is 11.9. The minimum absolute atomic E-state index is 0.0285. The highest BCUT2D eigenvalue weighted by Crippen LogP contribution is 2.19. The van der Waals surface area contributed by atoms with Gasteiger partial charge in [0.05, 0.1) is 17.7 Å². The van der Waals surface area contributed by atoms with E-state index in [4.69, 9.17) is 22.7 Å². The number of rotatable bonds is 5. The quantitative estimate of drug-likeness (QED) is 0.814. The van der Waals surface area contributed by atoms with Crippen LogP contribution < -0.4 is 11.1 Å². The van der Waals surface area contributed by atoms with Crippen LogP contribution in [0, 0.1) is 5.82 Å². The lowest BCUT2D eigenvalue weighted by molar-refractivity contribution is -0.121. The van der Waals surface area contributed by atoms with Gasteiger partial charge in [0.1, 0.15) is 10.8 Å². The Kier molecular flexibility index (Phi) is 4.97. The normalized spacial score (nSPS) is 11.2. The number of methoxy groups -OCH3 is 1. The number of ether oxygens (including phenoxy) is 1. The van der Waals surface area contributed by atoms with Crippen LogP contribution in [-0.2, 0) is 9.53 Å². The van der Waals surface area contributed by atoms with Gasteiger partial charge >= 0.3 is 0 Å². The van der Waals surface area contributed by atoms with Crippen molar-refractivity contribution in [1.82, 2.24) is 0 Å². The van der Waals surface area contributed by atoms with E-state index in [1.54, 1.807) is 13.8 Å². The lowest BCUT2D eigenvalue weighted by Crippen LogP contribution is -2.30. The number of benzene rings is 1. The van der Waals surface area contributed by atoms with Crippen molar-refractivity contribution in [1.29, 1.82) is 0 Å². The molecule has 1 rings (SSSR count). The van der Waals surface area contributed by atoms with Gasteiger partial charge in [-0.15, -0.1) is 0 Å². The van der Waals surface area contributed by atoms with Crippen LogP contribution in [0.5, 0.6) is 0 Å². The van der Waals surface area contributed by atoms with Gasteiger partial charge in [-0.1, -0.05) is 12.2 Å². The summed E-state index contributed by atoms with van der Waals surface area (Å²) in [6.07, 6.45) is 0.164. The fourth-order valence-electron chi connectivity index (χ4n) is 1.48. The highest BCUT2D eigenvalue weighted by Gasteiger charge is 2.21. The second-order valence-electron chi connectivity index (χ2n) is 4.74. The predicted molar refractivity (Wildman–Crippen MR) is 76.6 cm³/mol. The van der Waals surface area contributed by atoms with Gasteiger partial charge in [-0.05, 0) is 32.0 Å². The molecule has 19 heavy (non-hydrogen) atoms. The summed E-state index contributed by atoms with van der Waals surface area (Å²) in [5, 5.41) is 2.66. The molecule has 4 nitrogen and oxygen atoms in total. The third-order valence-electron chi connectivity index (χ3n) is 2.66. The maximum atomic E-state index is 13.1. The average Bonchev–Trinajstić information content (AvgIpc) is 2.30. The van der Waals surface area contributed by atoms with Crippen molar-refractivity contribution in [2.24, 2.45) is 5.73 Å². The lowest BCUT2D eigenvalue weighted by atomic mass is 10.0. The first-order valence-corrected chi connectivity index (χ1v) is 6.10. The van der Waals surface area contributed by atoms with E-state index in [9.17, 15) is 9.18 Å². The van der Waals surface area contributed by atoms with Crippen LogP contribution in [0.25, 0.3) is 0 Å². The zero-order valence-corrected chi connectivity index (χ0v) is 11.9. The van der Waals surface area contributed by atoms with Crippen molar-refractivity contribution in [2.45, 2.75) is 25.9 Å². The van der Waals surface area contributed by atoms with Gasteiger partial charge < -0.3 is 15.8 Å². The monoisotopic (exact) mass is 284 g/mol. The van der Waals surface area contributed by atoms with E-state index >= 15 is 0 Å². The Bertz CT molecular complexity index is 503. The first-order chi connectivity index (χ1) is 8.75. The Balaban J connectivity index is 2.88. The molecule has 0 bridgehead atoms. The van der Waals surface area contributed by atoms with Crippen LogP contribution in [0.1, 0.15) is 25.8 Å². The molecule has 0 fully saturated rings. The van der Waals surface area contributed by atoms with Crippen molar-refractivity contribution in [2.75, 3.05) is 12.4 Å². The van der Waals surface area contributed by atoms with Gasteiger partial charge in [-0.3, -0.25) is 4.79 Å². The molecule has 0 aliphatic rings. The molecule has 0 aliphatic carbocycles. The van der Waals surface area contributed by atoms with Crippen LogP contribution >= 0.6 is 12.2 Å². The Morgan fingerprint density at radius 2 is 2.16 bits per heavy atom. The summed E-state index contributed by atoms with van der Waals surface area (Å²) in [5.41, 5.74) is 5.62. The molecule has 0 atom stereocenters. The highest BCUT2D eigenvalue weighted by atomic mass is 32.1. The summed E-state index contributed by atoms with van der Waals surface area (Å²) < 4.78 is 18.3. The molecule has 0 saturated heterocycles. The van der Waals surface area contributed by atoms with Gasteiger partial charge in [-0.25, -0.2) is 4.39 Å². The number of anilines is 1. The van der Waals surface area contributed by atoms with E-state index in [1.807, 2.05) is 0 Å². The molecule has 104 valence electrons. The van der Waals surface area contributed by atoms with Crippen LogP contribution in [-0.4, -0.2) is 23.6 Å². The van der Waals surface area contributed by atoms with Gasteiger partial charge in [0.25, 0.3) is 0 Å². The SMILES string of the molecule is COC(C)(C)CC(=O)Nc1ccc(F)cc1C(N)=S. The fourth-order valence-corrected chi connectivity index (χ4v) is 1.65. The molecule has 0 aromatic heterocycles. The first kappa shape index (κ1) is 15.5. The van der Waals surface area contributed by atoms with Crippen LogP contribution in [0.2, 0.25) is 0 Å². The Hall–Kier alpha value is -1.53. The molecule has 1 aromatic rings. The van der Waals surface area contributed by atoms with E-state index in [0.29, 0.717) is 11.3 Å². The molecule has 1 aromatic carbocycles. The largest absolute Gasteiger partial charge is 0.389 e. The standard InChI is InChI=1S/C13H17FN2O2S/c1-13(2,18-3)7-11(17)16-10-5-4-8(14)6-9(10)12(15)19/h4-6H,7H2,1-3H3,(H2,15,19)(H,16,17). The van der Waals surface area contributed by atoms with Crippen molar-refractivity contribution in [3.8, 4) is 0 Å². The summed E-state index contributed by atoms with van der Waals surface area (Å²) in [6, 6.07) is 3.86. The van der Waals surface area contributed by atoms with Gasteiger partial charge in [0.2, 0.25) is 5.91 Å². The minimum Gasteiger partial charge on any atom is -0.389 e. The van der Waals surface area contributed by atoms with E-state index in [0.717, 1.165) is 0 Å². The summed E-state index contributed by atoms with van der Waals surface area (Å²) in [5.74, 6) is -0.714. The number of nitrogens with one attached hydrogen (secondary N) is 1. The highest BCUT2D eigenvalue weighted by molar-refractivity contribution is 7.80. The average molecular weight is 284 g/mol. The van der Waals surface area contributed by atoms with Crippen molar-refractivity contribution < 1.29 is 13.9 Å². The van der Waals surface area contributed by atoms with E-state index in [-0.39, 0.29) is 17.3 Å². The maximum absolute atomic E-state index is 13.1. The van der Waals surface area contributed by atoms with Crippen LogP contribution in [0.4, 0.5) is 10.1 Å². The second-order valence-corrected chi connectivity index (χ2v) is 5.18. The molecule has 0 unspecified atom stereocenters. The number of thiocarbonyl (C=S) groups is 1. The maximum Gasteiger partial charge on any atom is 0.227 e. The Morgan fingerprint density at radius 1 is 1.53 bits per heavy atom. The van der Waals surface area contributed by atoms with Crippen molar-refractivity contribution in [3.05, 3.63) is 29.6 Å². The number of hydrogen-bond acceptors (Lipinski definition) is 3. The summed E-state index contributed by atoms with van der Waals surface area (Å²) >= 11 is 4.83. The summed E-state index contributed by atoms with van der Waals surface area (Å²) in [7, 11) is 1.53. The molecular formula is C13H17FN2O2S. The van der Waals surface area contributed by atoms with E-state index < -0.39 is 11.4 Å². The number of nitrogens with two attached hydrogens (primary N) is 1. The van der Waals surface area contributed by atoms with E-state index in [2.05, 4.69) is 5.32 Å². The number of amides is 1. The second kappa shape index (κ2) is 6.08. The molecule has 0 saturated carbocycles. The van der Waals surface area contributed by atoms with E-state index in [1.165, 1.54) is 25.3 Å².